The maximum absolute atomic E-state index is 12.1. The number of hydrogen-bond acceptors (Lipinski definition) is 0. The number of benzene rings is 1. The Labute approximate surface area is 80.6 Å². The molecular weight excluding hydrogens is 198 g/mol. The van der Waals surface area contributed by atoms with Crippen LogP contribution in [0.1, 0.15) is 12.5 Å². The first-order valence-electron chi connectivity index (χ1n) is 3.37. The molecule has 1 aromatic rings. The van der Waals surface area contributed by atoms with Crippen molar-refractivity contribution in [1.29, 1.82) is 0 Å². The monoisotopic (exact) mass is 204 g/mol. The van der Waals surface area contributed by atoms with Gasteiger partial charge >= 0.3 is 0 Å². The van der Waals surface area contributed by atoms with Crippen LogP contribution in [0.15, 0.2) is 24.5 Å². The van der Waals surface area contributed by atoms with Gasteiger partial charge in [0.15, 0.2) is 0 Å². The fraction of sp³-hybridized carbons (Fsp3) is 0.111. The van der Waals surface area contributed by atoms with E-state index in [1.165, 1.54) is 0 Å². The Hall–Kier alpha value is -0.530. The number of rotatable bonds is 1. The fourth-order valence-electron chi connectivity index (χ4n) is 0.804. The maximum Gasteiger partial charge on any atom is 0.0902 e. The molecule has 0 aliphatic carbocycles. The van der Waals surface area contributed by atoms with Gasteiger partial charge in [0.1, 0.15) is 0 Å². The van der Waals surface area contributed by atoms with E-state index in [1.807, 2.05) is 0 Å². The molecule has 0 aliphatic heterocycles. The van der Waals surface area contributed by atoms with Crippen LogP contribution < -0.4 is 0 Å². The first kappa shape index (κ1) is 9.56. The Morgan fingerprint density at radius 3 is 2.50 bits per heavy atom. The molecule has 3 heteroatoms. The van der Waals surface area contributed by atoms with Crippen molar-refractivity contribution in [2.75, 3.05) is 0 Å². The van der Waals surface area contributed by atoms with Crippen LogP contribution in [-0.4, -0.2) is 0 Å². The largest absolute Gasteiger partial charge is 0.215 e. The summed E-state index contributed by atoms with van der Waals surface area (Å²) in [6, 6.07) is 5.00. The molecule has 0 saturated heterocycles. The summed E-state index contributed by atoms with van der Waals surface area (Å²) in [4.78, 5) is 0. The van der Waals surface area contributed by atoms with Crippen molar-refractivity contribution in [3.8, 4) is 0 Å². The Balaban J connectivity index is 3.13. The normalized spacial score (nSPS) is 11.8. The molecule has 64 valence electrons. The lowest BCUT2D eigenvalue weighted by molar-refractivity contribution is 0.723. The van der Waals surface area contributed by atoms with E-state index in [0.29, 0.717) is 21.9 Å². The SMILES string of the molecule is CC(=CF)c1ccc(Cl)c(Cl)c1. The van der Waals surface area contributed by atoms with Gasteiger partial charge in [0.05, 0.1) is 16.4 Å². The van der Waals surface area contributed by atoms with Crippen molar-refractivity contribution in [3.05, 3.63) is 40.1 Å². The van der Waals surface area contributed by atoms with E-state index in [0.717, 1.165) is 5.56 Å². The Kier molecular flexibility index (Phi) is 3.12. The molecule has 1 rings (SSSR count). The van der Waals surface area contributed by atoms with Crippen molar-refractivity contribution < 1.29 is 4.39 Å². The average Bonchev–Trinajstić information content (AvgIpc) is 2.08. The summed E-state index contributed by atoms with van der Waals surface area (Å²) in [5, 5.41) is 0.919. The van der Waals surface area contributed by atoms with E-state index in [9.17, 15) is 4.39 Å². The molecule has 0 heterocycles. The third-order valence-electron chi connectivity index (χ3n) is 1.54. The highest BCUT2D eigenvalue weighted by molar-refractivity contribution is 6.42. The highest BCUT2D eigenvalue weighted by Crippen LogP contribution is 2.25. The maximum atomic E-state index is 12.1. The van der Waals surface area contributed by atoms with Crippen molar-refractivity contribution in [2.45, 2.75) is 6.92 Å². The van der Waals surface area contributed by atoms with Crippen LogP contribution in [-0.2, 0) is 0 Å². The molecule has 0 spiro atoms. The zero-order valence-electron chi connectivity index (χ0n) is 6.44. The predicted molar refractivity (Wildman–Crippen MR) is 51.2 cm³/mol. The molecular formula is C9H7Cl2F. The second-order valence-corrected chi connectivity index (χ2v) is 3.24. The molecule has 0 saturated carbocycles. The summed E-state index contributed by atoms with van der Waals surface area (Å²) in [5.74, 6) is 0. The second-order valence-electron chi connectivity index (χ2n) is 2.42. The summed E-state index contributed by atoms with van der Waals surface area (Å²) in [5.41, 5.74) is 1.28. The summed E-state index contributed by atoms with van der Waals surface area (Å²) < 4.78 is 12.1. The van der Waals surface area contributed by atoms with Gasteiger partial charge in [-0.2, -0.15) is 0 Å². The fourth-order valence-corrected chi connectivity index (χ4v) is 1.10. The molecule has 0 amide bonds. The van der Waals surface area contributed by atoms with E-state index >= 15 is 0 Å². The van der Waals surface area contributed by atoms with Gasteiger partial charge in [-0.05, 0) is 30.2 Å². The van der Waals surface area contributed by atoms with E-state index in [2.05, 4.69) is 0 Å². The first-order valence-corrected chi connectivity index (χ1v) is 4.13. The molecule has 0 nitrogen and oxygen atoms in total. The van der Waals surface area contributed by atoms with Crippen LogP contribution in [0, 0.1) is 0 Å². The van der Waals surface area contributed by atoms with E-state index in [-0.39, 0.29) is 0 Å². The third-order valence-corrected chi connectivity index (χ3v) is 2.28. The van der Waals surface area contributed by atoms with Gasteiger partial charge in [-0.25, -0.2) is 4.39 Å². The highest BCUT2D eigenvalue weighted by Gasteiger charge is 2.00. The lowest BCUT2D eigenvalue weighted by atomic mass is 10.1. The Morgan fingerprint density at radius 1 is 1.33 bits per heavy atom. The van der Waals surface area contributed by atoms with Gasteiger partial charge in [-0.15, -0.1) is 0 Å². The summed E-state index contributed by atoms with van der Waals surface area (Å²) in [6.45, 7) is 1.67. The smallest absolute Gasteiger partial charge is 0.0902 e. The Morgan fingerprint density at radius 2 is 2.00 bits per heavy atom. The highest BCUT2D eigenvalue weighted by atomic mass is 35.5. The minimum Gasteiger partial charge on any atom is -0.215 e. The van der Waals surface area contributed by atoms with E-state index in [1.54, 1.807) is 25.1 Å². The zero-order chi connectivity index (χ0) is 9.14. The summed E-state index contributed by atoms with van der Waals surface area (Å²) in [6.07, 6.45) is 0.541. The second kappa shape index (κ2) is 3.92. The molecule has 0 aliphatic rings. The lowest BCUT2D eigenvalue weighted by Crippen LogP contribution is -1.78. The molecule has 12 heavy (non-hydrogen) atoms. The molecule has 0 radical (unpaired) electrons. The van der Waals surface area contributed by atoms with Crippen LogP contribution in [0.5, 0.6) is 0 Å². The van der Waals surface area contributed by atoms with Gasteiger partial charge in [-0.1, -0.05) is 29.3 Å². The molecule has 0 bridgehead atoms. The van der Waals surface area contributed by atoms with Gasteiger partial charge in [0.25, 0.3) is 0 Å². The van der Waals surface area contributed by atoms with Crippen LogP contribution in [0.3, 0.4) is 0 Å². The molecule has 0 atom stereocenters. The predicted octanol–water partition coefficient (Wildman–Crippen LogP) is 4.32. The van der Waals surface area contributed by atoms with Crippen LogP contribution in [0.25, 0.3) is 5.57 Å². The minimum atomic E-state index is 0.440. The third kappa shape index (κ3) is 1.99. The van der Waals surface area contributed by atoms with Crippen molar-refractivity contribution in [1.82, 2.24) is 0 Å². The van der Waals surface area contributed by atoms with Crippen LogP contribution >= 0.6 is 23.2 Å². The molecule has 0 fully saturated rings. The van der Waals surface area contributed by atoms with Gasteiger partial charge < -0.3 is 0 Å². The number of hydrogen-bond donors (Lipinski definition) is 0. The van der Waals surface area contributed by atoms with Crippen LogP contribution in [0.2, 0.25) is 10.0 Å². The molecule has 0 aromatic heterocycles. The standard InChI is InChI=1S/C9H7Cl2F/c1-6(5-12)7-2-3-8(10)9(11)4-7/h2-5H,1H3. The topological polar surface area (TPSA) is 0 Å². The van der Waals surface area contributed by atoms with Crippen molar-refractivity contribution in [2.24, 2.45) is 0 Å². The quantitative estimate of drug-likeness (QED) is 0.640. The number of halogens is 3. The first-order chi connectivity index (χ1) is 5.65. The zero-order valence-corrected chi connectivity index (χ0v) is 7.96. The summed E-state index contributed by atoms with van der Waals surface area (Å²) >= 11 is 11.4. The molecule has 0 unspecified atom stereocenters. The lowest BCUT2D eigenvalue weighted by Gasteiger charge is -2.00. The number of allylic oxidation sites excluding steroid dienone is 1. The Bertz CT molecular complexity index is 318. The van der Waals surface area contributed by atoms with Gasteiger partial charge in [0, 0.05) is 0 Å². The van der Waals surface area contributed by atoms with E-state index in [4.69, 9.17) is 23.2 Å². The average molecular weight is 205 g/mol. The van der Waals surface area contributed by atoms with Gasteiger partial charge in [0.2, 0.25) is 0 Å². The summed E-state index contributed by atoms with van der Waals surface area (Å²) in [7, 11) is 0. The molecule has 1 aromatic carbocycles. The minimum absolute atomic E-state index is 0.440. The van der Waals surface area contributed by atoms with Crippen molar-refractivity contribution >= 4 is 28.8 Å². The molecule has 0 N–H and O–H groups in total. The van der Waals surface area contributed by atoms with E-state index < -0.39 is 0 Å². The van der Waals surface area contributed by atoms with Crippen molar-refractivity contribution in [3.63, 3.8) is 0 Å². The van der Waals surface area contributed by atoms with Crippen LogP contribution in [0.4, 0.5) is 4.39 Å². The van der Waals surface area contributed by atoms with Gasteiger partial charge in [-0.3, -0.25) is 0 Å².